The minimum Gasteiger partial charge on any atom is -0.493 e. The lowest BCUT2D eigenvalue weighted by Gasteiger charge is -2.32. The Morgan fingerprint density at radius 2 is 2.19 bits per heavy atom. The molecule has 0 unspecified atom stereocenters. The molecule has 6 heteroatoms. The largest absolute Gasteiger partial charge is 0.493 e. The van der Waals surface area contributed by atoms with Gasteiger partial charge in [-0.05, 0) is 12.1 Å². The van der Waals surface area contributed by atoms with Gasteiger partial charge in [-0.2, -0.15) is 0 Å². The zero-order valence-corrected chi connectivity index (χ0v) is 12.0. The minimum atomic E-state index is -0.845. The fourth-order valence-corrected chi connectivity index (χ4v) is 2.15. The van der Waals surface area contributed by atoms with E-state index in [1.807, 2.05) is 0 Å². The van der Waals surface area contributed by atoms with Gasteiger partial charge in [0.2, 0.25) is 5.91 Å². The Labute approximate surface area is 124 Å². The first-order chi connectivity index (χ1) is 10.1. The molecular weight excluding hydrogens is 272 g/mol. The summed E-state index contributed by atoms with van der Waals surface area (Å²) in [4.78, 5) is 11.7. The van der Waals surface area contributed by atoms with Gasteiger partial charge >= 0.3 is 0 Å². The summed E-state index contributed by atoms with van der Waals surface area (Å²) in [7, 11) is 0. The van der Waals surface area contributed by atoms with Crippen LogP contribution >= 0.6 is 0 Å². The number of nitrogen functional groups attached to an aromatic ring is 1. The lowest BCUT2D eigenvalue weighted by Crippen LogP contribution is -2.46. The van der Waals surface area contributed by atoms with Crippen LogP contribution in [0.1, 0.15) is 19.3 Å². The van der Waals surface area contributed by atoms with Crippen molar-refractivity contribution in [2.75, 3.05) is 32.1 Å². The van der Waals surface area contributed by atoms with Crippen LogP contribution in [0.2, 0.25) is 0 Å². The van der Waals surface area contributed by atoms with Gasteiger partial charge in [-0.3, -0.25) is 4.79 Å². The van der Waals surface area contributed by atoms with Crippen LogP contribution in [0.25, 0.3) is 0 Å². The summed E-state index contributed by atoms with van der Waals surface area (Å²) in [6, 6.07) is 7.07. The number of hydrogen-bond donors (Lipinski definition) is 3. The quantitative estimate of drug-likeness (QED) is 0.671. The Morgan fingerprint density at radius 3 is 2.90 bits per heavy atom. The highest BCUT2D eigenvalue weighted by atomic mass is 16.5. The smallest absolute Gasteiger partial charge is 0.223 e. The van der Waals surface area contributed by atoms with E-state index in [-0.39, 0.29) is 25.5 Å². The maximum atomic E-state index is 11.7. The first kappa shape index (κ1) is 15.6. The third kappa shape index (κ3) is 5.24. The molecule has 116 valence electrons. The fourth-order valence-electron chi connectivity index (χ4n) is 2.15. The number of hydrogen-bond acceptors (Lipinski definition) is 5. The Hall–Kier alpha value is -1.79. The van der Waals surface area contributed by atoms with Gasteiger partial charge in [-0.1, -0.05) is 6.07 Å². The van der Waals surface area contributed by atoms with E-state index in [4.69, 9.17) is 15.2 Å². The molecule has 6 nitrogen and oxygen atoms in total. The summed E-state index contributed by atoms with van der Waals surface area (Å²) in [6.45, 7) is 1.60. The van der Waals surface area contributed by atoms with Crippen molar-refractivity contribution in [1.82, 2.24) is 5.32 Å². The molecule has 1 amide bonds. The van der Waals surface area contributed by atoms with Gasteiger partial charge in [-0.15, -0.1) is 0 Å². The van der Waals surface area contributed by atoms with E-state index in [0.29, 0.717) is 37.5 Å². The number of amides is 1. The number of anilines is 1. The summed E-state index contributed by atoms with van der Waals surface area (Å²) < 4.78 is 10.6. The molecule has 0 aromatic heterocycles. The molecule has 0 bridgehead atoms. The van der Waals surface area contributed by atoms with E-state index in [1.165, 1.54) is 0 Å². The lowest BCUT2D eigenvalue weighted by atomic mass is 9.94. The monoisotopic (exact) mass is 294 g/mol. The summed E-state index contributed by atoms with van der Waals surface area (Å²) in [5.74, 6) is 0.504. The third-order valence-corrected chi connectivity index (χ3v) is 3.49. The molecule has 0 aliphatic carbocycles. The molecule has 0 saturated carbocycles. The van der Waals surface area contributed by atoms with Crippen molar-refractivity contribution in [2.24, 2.45) is 0 Å². The second kappa shape index (κ2) is 7.28. The predicted octanol–water partition coefficient (Wildman–Crippen LogP) is 0.695. The van der Waals surface area contributed by atoms with Crippen molar-refractivity contribution in [3.63, 3.8) is 0 Å². The molecule has 0 atom stereocenters. The maximum absolute atomic E-state index is 11.7. The zero-order chi connectivity index (χ0) is 15.1. The van der Waals surface area contributed by atoms with Crippen molar-refractivity contribution >= 4 is 11.6 Å². The molecule has 0 spiro atoms. The van der Waals surface area contributed by atoms with Gasteiger partial charge in [0.1, 0.15) is 5.75 Å². The Morgan fingerprint density at radius 1 is 1.43 bits per heavy atom. The first-order valence-electron chi connectivity index (χ1n) is 7.13. The van der Waals surface area contributed by atoms with Crippen LogP contribution in [-0.4, -0.2) is 43.0 Å². The van der Waals surface area contributed by atoms with Crippen LogP contribution < -0.4 is 15.8 Å². The van der Waals surface area contributed by atoms with Gasteiger partial charge in [-0.25, -0.2) is 0 Å². The Bertz CT molecular complexity index is 472. The minimum absolute atomic E-state index is 0.140. The van der Waals surface area contributed by atoms with E-state index in [1.54, 1.807) is 24.3 Å². The van der Waals surface area contributed by atoms with Gasteiger partial charge in [0, 0.05) is 44.4 Å². The second-order valence-corrected chi connectivity index (χ2v) is 5.28. The number of nitrogens with two attached hydrogens (primary N) is 1. The van der Waals surface area contributed by atoms with Crippen molar-refractivity contribution in [3.05, 3.63) is 24.3 Å². The highest BCUT2D eigenvalue weighted by molar-refractivity contribution is 5.76. The van der Waals surface area contributed by atoms with Crippen LogP contribution in [0, 0.1) is 0 Å². The molecular formula is C15H22N2O4. The van der Waals surface area contributed by atoms with E-state index < -0.39 is 5.60 Å². The molecule has 1 aromatic rings. The van der Waals surface area contributed by atoms with Crippen molar-refractivity contribution in [1.29, 1.82) is 0 Å². The molecule has 21 heavy (non-hydrogen) atoms. The molecule has 1 saturated heterocycles. The van der Waals surface area contributed by atoms with E-state index >= 15 is 0 Å². The molecule has 2 rings (SSSR count). The number of carbonyl (C=O) groups excluding carboxylic acids is 1. The van der Waals surface area contributed by atoms with E-state index in [0.717, 1.165) is 0 Å². The van der Waals surface area contributed by atoms with Crippen molar-refractivity contribution < 1.29 is 19.4 Å². The molecule has 1 aliphatic heterocycles. The summed E-state index contributed by atoms with van der Waals surface area (Å²) in [6.07, 6.45) is 1.33. The number of ether oxygens (including phenoxy) is 2. The number of carbonyl (C=O) groups is 1. The van der Waals surface area contributed by atoms with E-state index in [9.17, 15) is 9.90 Å². The Kier molecular flexibility index (Phi) is 5.41. The van der Waals surface area contributed by atoms with Gasteiger partial charge in [0.15, 0.2) is 0 Å². The highest BCUT2D eigenvalue weighted by Gasteiger charge is 2.29. The van der Waals surface area contributed by atoms with Crippen LogP contribution in [0.15, 0.2) is 24.3 Å². The molecule has 1 aromatic carbocycles. The standard InChI is InChI=1S/C15H22N2O4/c16-12-2-1-3-13(10-12)21-7-4-14(18)17-11-15(19)5-8-20-9-6-15/h1-3,10,19H,4-9,11,16H2,(H,17,18). The zero-order valence-electron chi connectivity index (χ0n) is 12.0. The van der Waals surface area contributed by atoms with Crippen LogP contribution in [0.3, 0.4) is 0 Å². The number of aliphatic hydroxyl groups is 1. The molecule has 1 aliphatic rings. The molecule has 1 fully saturated rings. The highest BCUT2D eigenvalue weighted by Crippen LogP contribution is 2.19. The average Bonchev–Trinajstić information content (AvgIpc) is 2.46. The molecule has 1 heterocycles. The molecule has 0 radical (unpaired) electrons. The number of nitrogens with one attached hydrogen (secondary N) is 1. The maximum Gasteiger partial charge on any atom is 0.223 e. The average molecular weight is 294 g/mol. The third-order valence-electron chi connectivity index (χ3n) is 3.49. The van der Waals surface area contributed by atoms with Crippen molar-refractivity contribution in [2.45, 2.75) is 24.9 Å². The van der Waals surface area contributed by atoms with Crippen molar-refractivity contribution in [3.8, 4) is 5.75 Å². The van der Waals surface area contributed by atoms with Crippen LogP contribution in [0.4, 0.5) is 5.69 Å². The first-order valence-corrected chi connectivity index (χ1v) is 7.13. The second-order valence-electron chi connectivity index (χ2n) is 5.28. The summed E-state index contributed by atoms with van der Waals surface area (Å²) in [5, 5.41) is 13.0. The van der Waals surface area contributed by atoms with Crippen LogP contribution in [0.5, 0.6) is 5.75 Å². The van der Waals surface area contributed by atoms with Gasteiger partial charge < -0.3 is 25.6 Å². The number of rotatable bonds is 6. The topological polar surface area (TPSA) is 93.8 Å². The van der Waals surface area contributed by atoms with Gasteiger partial charge in [0.25, 0.3) is 0 Å². The predicted molar refractivity (Wildman–Crippen MR) is 79.0 cm³/mol. The van der Waals surface area contributed by atoms with E-state index in [2.05, 4.69) is 5.32 Å². The molecule has 4 N–H and O–H groups in total. The summed E-state index contributed by atoms with van der Waals surface area (Å²) >= 11 is 0. The normalized spacial score (nSPS) is 17.2. The number of benzene rings is 1. The Balaban J connectivity index is 1.65. The lowest BCUT2D eigenvalue weighted by molar-refractivity contribution is -0.124. The van der Waals surface area contributed by atoms with Crippen LogP contribution in [-0.2, 0) is 9.53 Å². The van der Waals surface area contributed by atoms with Gasteiger partial charge in [0.05, 0.1) is 18.6 Å². The summed E-state index contributed by atoms with van der Waals surface area (Å²) in [5.41, 5.74) is 5.42. The fraction of sp³-hybridized carbons (Fsp3) is 0.533. The SMILES string of the molecule is Nc1cccc(OCCC(=O)NCC2(O)CCOCC2)c1.